The lowest BCUT2D eigenvalue weighted by molar-refractivity contribution is -0.133. The predicted octanol–water partition coefficient (Wildman–Crippen LogP) is 2.66. The number of rotatable bonds is 3. The van der Waals surface area contributed by atoms with Crippen LogP contribution in [0.3, 0.4) is 0 Å². The van der Waals surface area contributed by atoms with Gasteiger partial charge in [0.25, 0.3) is 0 Å². The Morgan fingerprint density at radius 3 is 2.88 bits per heavy atom. The number of aromatic hydroxyl groups is 1. The smallest absolute Gasteiger partial charge is 0.227 e. The van der Waals surface area contributed by atoms with E-state index >= 15 is 0 Å². The number of benzene rings is 1. The van der Waals surface area contributed by atoms with Crippen LogP contribution >= 0.6 is 11.6 Å². The third-order valence-electron chi connectivity index (χ3n) is 4.74. The molecule has 0 saturated heterocycles. The molecule has 7 heteroatoms. The highest BCUT2D eigenvalue weighted by Gasteiger charge is 2.34. The Hall–Kier alpha value is -2.08. The minimum absolute atomic E-state index is 0.0277. The van der Waals surface area contributed by atoms with Crippen molar-refractivity contribution in [3.8, 4) is 5.75 Å². The van der Waals surface area contributed by atoms with Gasteiger partial charge in [-0.25, -0.2) is 9.67 Å². The van der Waals surface area contributed by atoms with Gasteiger partial charge in [0.2, 0.25) is 5.91 Å². The number of carbonyl (C=O) groups is 1. The molecule has 4 rings (SSSR count). The molecule has 1 amide bonds. The lowest BCUT2D eigenvalue weighted by Crippen LogP contribution is -2.42. The van der Waals surface area contributed by atoms with E-state index in [1.54, 1.807) is 12.1 Å². The predicted molar refractivity (Wildman–Crippen MR) is 88.9 cm³/mol. The fourth-order valence-corrected chi connectivity index (χ4v) is 3.38. The summed E-state index contributed by atoms with van der Waals surface area (Å²) in [5.41, 5.74) is 0.792. The second kappa shape index (κ2) is 5.77. The Kier molecular flexibility index (Phi) is 3.72. The second-order valence-electron chi connectivity index (χ2n) is 6.55. The lowest BCUT2D eigenvalue weighted by Gasteiger charge is -2.33. The van der Waals surface area contributed by atoms with Gasteiger partial charge in [-0.1, -0.05) is 17.7 Å². The molecule has 1 aliphatic heterocycles. The van der Waals surface area contributed by atoms with Gasteiger partial charge < -0.3 is 10.0 Å². The van der Waals surface area contributed by atoms with Crippen molar-refractivity contribution in [3.63, 3.8) is 0 Å². The largest absolute Gasteiger partial charge is 0.506 e. The number of amides is 1. The molecule has 0 bridgehead atoms. The van der Waals surface area contributed by atoms with Crippen LogP contribution < -0.4 is 0 Å². The molecule has 1 aliphatic carbocycles. The summed E-state index contributed by atoms with van der Waals surface area (Å²) < 4.78 is 1.94. The van der Waals surface area contributed by atoms with Crippen LogP contribution in [-0.2, 0) is 17.8 Å². The van der Waals surface area contributed by atoms with Crippen molar-refractivity contribution in [1.82, 2.24) is 19.7 Å². The Balaban J connectivity index is 1.51. The standard InChI is InChI=1S/C17H19ClN4O2/c1-10-17-19-16(12-3-4-12)20-22(17)7-6-21(10)15(24)9-11-2-5-14(23)13(18)8-11/h2,5,8,10,12,23H,3-4,6-7,9H2,1H3/t10-/m1/s1. The summed E-state index contributed by atoms with van der Waals surface area (Å²) in [4.78, 5) is 19.2. The maximum atomic E-state index is 12.7. The van der Waals surface area contributed by atoms with E-state index in [1.807, 2.05) is 16.5 Å². The maximum Gasteiger partial charge on any atom is 0.227 e. The monoisotopic (exact) mass is 346 g/mol. The molecule has 6 nitrogen and oxygen atoms in total. The summed E-state index contributed by atoms with van der Waals surface area (Å²) in [5, 5.41) is 14.3. The van der Waals surface area contributed by atoms with Crippen molar-refractivity contribution in [2.24, 2.45) is 0 Å². The van der Waals surface area contributed by atoms with Crippen LogP contribution in [0.5, 0.6) is 5.75 Å². The molecule has 1 saturated carbocycles. The van der Waals surface area contributed by atoms with Gasteiger partial charge in [-0.3, -0.25) is 4.79 Å². The molecule has 1 atom stereocenters. The highest BCUT2D eigenvalue weighted by atomic mass is 35.5. The molecule has 2 heterocycles. The first-order chi connectivity index (χ1) is 11.5. The normalized spacial score (nSPS) is 20.1. The van der Waals surface area contributed by atoms with Crippen LogP contribution in [0, 0.1) is 0 Å². The van der Waals surface area contributed by atoms with Crippen molar-refractivity contribution in [2.45, 2.75) is 44.7 Å². The van der Waals surface area contributed by atoms with Crippen molar-refractivity contribution in [1.29, 1.82) is 0 Å². The van der Waals surface area contributed by atoms with Crippen molar-refractivity contribution in [2.75, 3.05) is 6.54 Å². The zero-order valence-electron chi connectivity index (χ0n) is 13.4. The summed E-state index contributed by atoms with van der Waals surface area (Å²) >= 11 is 5.92. The maximum absolute atomic E-state index is 12.7. The number of nitrogens with zero attached hydrogens (tertiary/aromatic N) is 4. The minimum Gasteiger partial charge on any atom is -0.506 e. The van der Waals surface area contributed by atoms with E-state index in [9.17, 15) is 9.90 Å². The molecule has 1 aromatic carbocycles. The quantitative estimate of drug-likeness (QED) is 0.927. The molecule has 1 aromatic heterocycles. The number of hydrogen-bond donors (Lipinski definition) is 1. The fraction of sp³-hybridized carbons (Fsp3) is 0.471. The number of phenols is 1. The molecule has 0 unspecified atom stereocenters. The fourth-order valence-electron chi connectivity index (χ4n) is 3.17. The van der Waals surface area contributed by atoms with Crippen LogP contribution in [0.4, 0.5) is 0 Å². The Bertz CT molecular complexity index is 800. The van der Waals surface area contributed by atoms with Crippen LogP contribution in [0.2, 0.25) is 5.02 Å². The topological polar surface area (TPSA) is 71.2 Å². The van der Waals surface area contributed by atoms with Crippen LogP contribution in [0.25, 0.3) is 0 Å². The third kappa shape index (κ3) is 2.75. The first-order valence-electron chi connectivity index (χ1n) is 8.24. The first-order valence-corrected chi connectivity index (χ1v) is 8.62. The Morgan fingerprint density at radius 1 is 1.38 bits per heavy atom. The van der Waals surface area contributed by atoms with Crippen molar-refractivity contribution >= 4 is 17.5 Å². The summed E-state index contributed by atoms with van der Waals surface area (Å²) in [6, 6.07) is 4.79. The molecular weight excluding hydrogens is 328 g/mol. The number of halogens is 1. The van der Waals surface area contributed by atoms with E-state index in [2.05, 4.69) is 10.1 Å². The Morgan fingerprint density at radius 2 is 2.17 bits per heavy atom. The molecule has 126 valence electrons. The van der Waals surface area contributed by atoms with Crippen LogP contribution in [0.1, 0.15) is 48.9 Å². The average Bonchev–Trinajstić information content (AvgIpc) is 3.30. The van der Waals surface area contributed by atoms with Gasteiger partial charge in [-0.15, -0.1) is 0 Å². The van der Waals surface area contributed by atoms with Gasteiger partial charge in [0.05, 0.1) is 24.0 Å². The molecule has 1 N–H and O–H groups in total. The lowest BCUT2D eigenvalue weighted by atomic mass is 10.1. The SMILES string of the molecule is C[C@@H]1c2nc(C3CC3)nn2CCN1C(=O)Cc1ccc(O)c(Cl)c1. The van der Waals surface area contributed by atoms with E-state index in [0.29, 0.717) is 19.0 Å². The number of fused-ring (bicyclic) bond motifs is 1. The summed E-state index contributed by atoms with van der Waals surface area (Å²) in [7, 11) is 0. The highest BCUT2D eigenvalue weighted by molar-refractivity contribution is 6.32. The number of phenolic OH excluding ortho intramolecular Hbond substituents is 1. The van der Waals surface area contributed by atoms with Crippen molar-refractivity contribution < 1.29 is 9.90 Å². The summed E-state index contributed by atoms with van der Waals surface area (Å²) in [5.74, 6) is 2.38. The third-order valence-corrected chi connectivity index (χ3v) is 5.04. The molecule has 2 aliphatic rings. The molecule has 2 aromatic rings. The molecule has 24 heavy (non-hydrogen) atoms. The zero-order valence-corrected chi connectivity index (χ0v) is 14.2. The highest BCUT2D eigenvalue weighted by Crippen LogP contribution is 2.39. The minimum atomic E-state index is -0.0844. The van der Waals surface area contributed by atoms with E-state index < -0.39 is 0 Å². The average molecular weight is 347 g/mol. The van der Waals surface area contributed by atoms with Gasteiger partial charge in [0.1, 0.15) is 11.6 Å². The number of hydrogen-bond acceptors (Lipinski definition) is 4. The van der Waals surface area contributed by atoms with E-state index in [1.165, 1.54) is 18.9 Å². The summed E-state index contributed by atoms with van der Waals surface area (Å²) in [6.07, 6.45) is 2.60. The van der Waals surface area contributed by atoms with Crippen molar-refractivity contribution in [3.05, 3.63) is 40.4 Å². The summed E-state index contributed by atoms with van der Waals surface area (Å²) in [6.45, 7) is 3.31. The Labute approximate surface area is 145 Å². The van der Waals surface area contributed by atoms with Gasteiger partial charge in [-0.05, 0) is 37.5 Å². The number of aromatic nitrogens is 3. The number of carbonyl (C=O) groups excluding carboxylic acids is 1. The zero-order chi connectivity index (χ0) is 16.8. The first kappa shape index (κ1) is 15.4. The van der Waals surface area contributed by atoms with E-state index in [4.69, 9.17) is 11.6 Å². The van der Waals surface area contributed by atoms with E-state index in [-0.39, 0.29) is 29.1 Å². The van der Waals surface area contributed by atoms with Crippen LogP contribution in [-0.4, -0.2) is 37.2 Å². The molecule has 1 fully saturated rings. The molecule has 0 radical (unpaired) electrons. The van der Waals surface area contributed by atoms with Gasteiger partial charge >= 0.3 is 0 Å². The van der Waals surface area contributed by atoms with Gasteiger partial charge in [0, 0.05) is 12.5 Å². The van der Waals surface area contributed by atoms with Crippen LogP contribution in [0.15, 0.2) is 18.2 Å². The molecule has 0 spiro atoms. The molecular formula is C17H19ClN4O2. The van der Waals surface area contributed by atoms with Gasteiger partial charge in [-0.2, -0.15) is 5.10 Å². The second-order valence-corrected chi connectivity index (χ2v) is 6.96. The van der Waals surface area contributed by atoms with Gasteiger partial charge in [0.15, 0.2) is 5.82 Å². The van der Waals surface area contributed by atoms with E-state index in [0.717, 1.165) is 17.2 Å².